The largest absolute Gasteiger partial charge is 0.381 e. The number of ketones is 1. The number of ether oxygens (including phenoxy) is 2. The third-order valence-electron chi connectivity index (χ3n) is 7.16. The van der Waals surface area contributed by atoms with Crippen LogP contribution in [-0.4, -0.2) is 82.4 Å². The second-order valence-corrected chi connectivity index (χ2v) is 10.5. The van der Waals surface area contributed by atoms with Gasteiger partial charge in [-0.1, -0.05) is 44.2 Å². The number of nitrogens with one attached hydrogen (secondary N) is 2. The molecule has 10 nitrogen and oxygen atoms in total. The molecular formula is C29H39N7O3. The zero-order valence-electron chi connectivity index (χ0n) is 22.9. The summed E-state index contributed by atoms with van der Waals surface area (Å²) >= 11 is 0. The summed E-state index contributed by atoms with van der Waals surface area (Å²) in [4.78, 5) is 24.4. The molecular weight excluding hydrogens is 494 g/mol. The van der Waals surface area contributed by atoms with E-state index >= 15 is 0 Å². The van der Waals surface area contributed by atoms with Crippen LogP contribution in [0.1, 0.15) is 49.3 Å². The van der Waals surface area contributed by atoms with Crippen LogP contribution in [0.2, 0.25) is 0 Å². The van der Waals surface area contributed by atoms with Crippen molar-refractivity contribution in [2.45, 2.75) is 51.6 Å². The van der Waals surface area contributed by atoms with Crippen LogP contribution in [0.3, 0.4) is 0 Å². The smallest absolute Gasteiger partial charge is 0.229 e. The lowest BCUT2D eigenvalue weighted by Crippen LogP contribution is -2.36. The summed E-state index contributed by atoms with van der Waals surface area (Å²) in [6, 6.07) is 8.41. The fourth-order valence-corrected chi connectivity index (χ4v) is 4.91. The number of carbonyl (C=O) groups excluding carboxylic acids is 1. The van der Waals surface area contributed by atoms with Gasteiger partial charge in [0.15, 0.2) is 11.4 Å². The summed E-state index contributed by atoms with van der Waals surface area (Å²) in [5.74, 6) is 1.63. The van der Waals surface area contributed by atoms with Crippen LogP contribution in [0.4, 0.5) is 11.9 Å². The first-order chi connectivity index (χ1) is 19.0. The van der Waals surface area contributed by atoms with Crippen molar-refractivity contribution in [2.75, 3.05) is 56.7 Å². The summed E-state index contributed by atoms with van der Waals surface area (Å²) in [6.07, 6.45) is 7.77. The molecule has 1 aromatic carbocycles. The summed E-state index contributed by atoms with van der Waals surface area (Å²) in [6.45, 7) is 10.5. The van der Waals surface area contributed by atoms with Crippen LogP contribution < -0.4 is 10.6 Å². The molecule has 2 aliphatic rings. The first kappa shape index (κ1) is 27.2. The van der Waals surface area contributed by atoms with E-state index in [2.05, 4.69) is 46.6 Å². The monoisotopic (exact) mass is 533 g/mol. The van der Waals surface area contributed by atoms with E-state index in [0.29, 0.717) is 30.8 Å². The van der Waals surface area contributed by atoms with Gasteiger partial charge < -0.3 is 20.1 Å². The molecule has 0 atom stereocenters. The SMILES string of the molecule is CC(C)c1cnn2c(NCc3cccc(CC(=O)/C=C/CN4CCOCC4)c3)nc(NC3CCOCC3)nc12. The predicted octanol–water partition coefficient (Wildman–Crippen LogP) is 3.45. The van der Waals surface area contributed by atoms with E-state index in [1.165, 1.54) is 0 Å². The Balaban J connectivity index is 1.25. The van der Waals surface area contributed by atoms with Crippen LogP contribution in [0.15, 0.2) is 42.6 Å². The minimum Gasteiger partial charge on any atom is -0.381 e. The summed E-state index contributed by atoms with van der Waals surface area (Å²) < 4.78 is 12.6. The molecule has 2 N–H and O–H groups in total. The van der Waals surface area contributed by atoms with Crippen LogP contribution in [-0.2, 0) is 27.2 Å². The molecule has 0 unspecified atom stereocenters. The first-order valence-electron chi connectivity index (χ1n) is 14.0. The standard InChI is InChI=1S/C29H39N7O3/c1-21(2)26-20-31-36-27(26)33-28(32-24-8-13-38-14-9-24)34-29(36)30-19-23-6-3-5-22(17-23)18-25(37)7-4-10-35-11-15-39-16-12-35/h3-7,17,20-21,24H,8-16,18-19H2,1-2H3,(H2,30,32,33,34)/b7-4+. The van der Waals surface area contributed by atoms with E-state index in [-0.39, 0.29) is 11.8 Å². The Morgan fingerprint density at radius 1 is 1.10 bits per heavy atom. The van der Waals surface area contributed by atoms with Crippen molar-refractivity contribution in [2.24, 2.45) is 0 Å². The van der Waals surface area contributed by atoms with Crippen molar-refractivity contribution < 1.29 is 14.3 Å². The van der Waals surface area contributed by atoms with E-state index in [4.69, 9.17) is 19.4 Å². The summed E-state index contributed by atoms with van der Waals surface area (Å²) in [5.41, 5.74) is 3.95. The van der Waals surface area contributed by atoms with Gasteiger partial charge in [-0.25, -0.2) is 0 Å². The number of aromatic nitrogens is 4. The van der Waals surface area contributed by atoms with E-state index in [1.54, 1.807) is 10.6 Å². The lowest BCUT2D eigenvalue weighted by molar-refractivity contribution is -0.114. The third-order valence-corrected chi connectivity index (χ3v) is 7.16. The zero-order valence-corrected chi connectivity index (χ0v) is 22.9. The maximum absolute atomic E-state index is 12.6. The normalized spacial score (nSPS) is 17.3. The van der Waals surface area contributed by atoms with Crippen molar-refractivity contribution in [1.82, 2.24) is 24.5 Å². The number of carbonyl (C=O) groups is 1. The van der Waals surface area contributed by atoms with Gasteiger partial charge in [-0.2, -0.15) is 19.6 Å². The Kier molecular flexibility index (Phi) is 9.18. The molecule has 0 saturated carbocycles. The number of rotatable bonds is 11. The molecule has 0 amide bonds. The highest BCUT2D eigenvalue weighted by Gasteiger charge is 2.19. The van der Waals surface area contributed by atoms with Crippen molar-refractivity contribution >= 4 is 23.3 Å². The number of morpholine rings is 1. The molecule has 10 heteroatoms. The lowest BCUT2D eigenvalue weighted by Gasteiger charge is -2.25. The molecule has 0 aliphatic carbocycles. The number of anilines is 2. The van der Waals surface area contributed by atoms with E-state index in [9.17, 15) is 4.79 Å². The van der Waals surface area contributed by atoms with Crippen LogP contribution in [0.5, 0.6) is 0 Å². The van der Waals surface area contributed by atoms with Crippen molar-refractivity contribution in [3.63, 3.8) is 0 Å². The molecule has 0 radical (unpaired) electrons. The molecule has 0 spiro atoms. The van der Waals surface area contributed by atoms with Crippen molar-refractivity contribution in [3.05, 3.63) is 59.3 Å². The number of fused-ring (bicyclic) bond motifs is 1. The van der Waals surface area contributed by atoms with Gasteiger partial charge in [0.2, 0.25) is 11.9 Å². The molecule has 39 heavy (non-hydrogen) atoms. The molecule has 208 valence electrons. The number of hydrogen-bond acceptors (Lipinski definition) is 9. The molecule has 2 aromatic heterocycles. The van der Waals surface area contributed by atoms with Gasteiger partial charge >= 0.3 is 0 Å². The van der Waals surface area contributed by atoms with Gasteiger partial charge in [-0.05, 0) is 36.0 Å². The van der Waals surface area contributed by atoms with Crippen molar-refractivity contribution in [3.8, 4) is 0 Å². The molecule has 0 bridgehead atoms. The molecule has 5 rings (SSSR count). The number of benzene rings is 1. The second-order valence-electron chi connectivity index (χ2n) is 10.5. The number of hydrogen-bond donors (Lipinski definition) is 2. The lowest BCUT2D eigenvalue weighted by atomic mass is 10.1. The van der Waals surface area contributed by atoms with Gasteiger partial charge in [-0.15, -0.1) is 0 Å². The Labute approximate surface area is 229 Å². The van der Waals surface area contributed by atoms with Gasteiger partial charge in [-0.3, -0.25) is 9.69 Å². The van der Waals surface area contributed by atoms with Gasteiger partial charge in [0, 0.05) is 57.4 Å². The minimum absolute atomic E-state index is 0.104. The molecule has 2 saturated heterocycles. The predicted molar refractivity (Wildman–Crippen MR) is 151 cm³/mol. The van der Waals surface area contributed by atoms with Gasteiger partial charge in [0.1, 0.15) is 0 Å². The highest BCUT2D eigenvalue weighted by atomic mass is 16.5. The second kappa shape index (κ2) is 13.1. The Morgan fingerprint density at radius 2 is 1.87 bits per heavy atom. The van der Waals surface area contributed by atoms with Gasteiger partial charge in [0.25, 0.3) is 0 Å². The third kappa shape index (κ3) is 7.40. The molecule has 2 aliphatic heterocycles. The van der Waals surface area contributed by atoms with E-state index in [1.807, 2.05) is 24.4 Å². The Bertz CT molecular complexity index is 1280. The maximum Gasteiger partial charge on any atom is 0.229 e. The number of allylic oxidation sites excluding steroid dienone is 1. The van der Waals surface area contributed by atoms with Crippen LogP contribution in [0.25, 0.3) is 5.65 Å². The summed E-state index contributed by atoms with van der Waals surface area (Å²) in [7, 11) is 0. The van der Waals surface area contributed by atoms with Crippen LogP contribution >= 0.6 is 0 Å². The fraction of sp³-hybridized carbons (Fsp3) is 0.517. The minimum atomic E-state index is 0.104. The topological polar surface area (TPSA) is 106 Å². The average molecular weight is 534 g/mol. The highest BCUT2D eigenvalue weighted by molar-refractivity contribution is 5.91. The molecule has 2 fully saturated rings. The van der Waals surface area contributed by atoms with Gasteiger partial charge in [0.05, 0.1) is 19.4 Å². The molecule has 4 heterocycles. The van der Waals surface area contributed by atoms with Crippen LogP contribution in [0, 0.1) is 0 Å². The Hall–Kier alpha value is -3.34. The quantitative estimate of drug-likeness (QED) is 0.359. The highest BCUT2D eigenvalue weighted by Crippen LogP contribution is 2.23. The number of nitrogens with zero attached hydrogens (tertiary/aromatic N) is 5. The van der Waals surface area contributed by atoms with Crippen molar-refractivity contribution in [1.29, 1.82) is 0 Å². The van der Waals surface area contributed by atoms with E-state index < -0.39 is 0 Å². The maximum atomic E-state index is 12.6. The fourth-order valence-electron chi connectivity index (χ4n) is 4.91. The first-order valence-corrected chi connectivity index (χ1v) is 14.0. The Morgan fingerprint density at radius 3 is 2.67 bits per heavy atom. The molecule has 3 aromatic rings. The zero-order chi connectivity index (χ0) is 27.0. The average Bonchev–Trinajstić information content (AvgIpc) is 3.38. The summed E-state index contributed by atoms with van der Waals surface area (Å²) in [5, 5.41) is 11.5. The van der Waals surface area contributed by atoms with E-state index in [0.717, 1.165) is 81.2 Å².